The third kappa shape index (κ3) is 2.65. The molecule has 6 nitrogen and oxygen atoms in total. The van der Waals surface area contributed by atoms with Crippen molar-refractivity contribution in [2.24, 2.45) is 13.0 Å². The number of rotatable bonds is 5. The van der Waals surface area contributed by atoms with Crippen LogP contribution in [-0.4, -0.2) is 61.7 Å². The van der Waals surface area contributed by atoms with Crippen LogP contribution in [0.1, 0.15) is 18.5 Å². The molecule has 0 spiro atoms. The second-order valence-corrected chi connectivity index (χ2v) is 8.08. The van der Waals surface area contributed by atoms with Crippen LogP contribution in [0.15, 0.2) is 30.3 Å². The highest BCUT2D eigenvalue weighted by atomic mass is 16.7. The van der Waals surface area contributed by atoms with Gasteiger partial charge in [-0.2, -0.15) is 0 Å². The Morgan fingerprint density at radius 1 is 1.24 bits per heavy atom. The summed E-state index contributed by atoms with van der Waals surface area (Å²) in [4.78, 5) is 15.7. The van der Waals surface area contributed by atoms with E-state index in [1.807, 2.05) is 19.2 Å². The number of hydrogen-bond acceptors (Lipinski definition) is 5. The maximum absolute atomic E-state index is 13.5. The van der Waals surface area contributed by atoms with Crippen LogP contribution in [0.4, 0.5) is 0 Å². The number of hydrogen-bond donors (Lipinski definition) is 0. The Balaban J connectivity index is 1.94. The average Bonchev–Trinajstić information content (AvgIpc) is 3.10. The molecule has 2 bridgehead atoms. The number of aromatic nitrogens is 1. The van der Waals surface area contributed by atoms with Crippen LogP contribution >= 0.6 is 0 Å². The molecule has 2 aromatic rings. The van der Waals surface area contributed by atoms with Gasteiger partial charge in [0.25, 0.3) is 0 Å². The van der Waals surface area contributed by atoms with Crippen molar-refractivity contribution >= 4 is 16.9 Å². The fourth-order valence-electron chi connectivity index (χ4n) is 5.72. The molecular weight excluding hydrogens is 368 g/mol. The molecular formula is C23H28N2O4. The van der Waals surface area contributed by atoms with Crippen molar-refractivity contribution in [3.63, 3.8) is 0 Å². The zero-order valence-corrected chi connectivity index (χ0v) is 17.5. The molecule has 29 heavy (non-hydrogen) atoms. The Morgan fingerprint density at radius 3 is 2.55 bits per heavy atom. The number of para-hydroxylation sites is 1. The molecule has 154 valence electrons. The summed E-state index contributed by atoms with van der Waals surface area (Å²) < 4.78 is 19.2. The van der Waals surface area contributed by atoms with Crippen molar-refractivity contribution in [1.29, 1.82) is 0 Å². The third-order valence-corrected chi connectivity index (χ3v) is 7.08. The van der Waals surface area contributed by atoms with Crippen molar-refractivity contribution < 1.29 is 19.0 Å². The molecule has 3 atom stereocenters. The lowest BCUT2D eigenvalue weighted by molar-refractivity contribution is -0.296. The van der Waals surface area contributed by atoms with Gasteiger partial charge in [0.2, 0.25) is 0 Å². The number of benzene rings is 1. The largest absolute Gasteiger partial charge is 0.468 e. The van der Waals surface area contributed by atoms with Crippen LogP contribution in [0.25, 0.3) is 10.9 Å². The van der Waals surface area contributed by atoms with E-state index in [9.17, 15) is 4.79 Å². The molecule has 0 radical (unpaired) electrons. The highest BCUT2D eigenvalue weighted by Gasteiger charge is 2.66. The van der Waals surface area contributed by atoms with Crippen molar-refractivity contribution in [3.8, 4) is 12.3 Å². The number of methoxy groups -OCH3 is 3. The van der Waals surface area contributed by atoms with E-state index in [-0.39, 0.29) is 17.9 Å². The van der Waals surface area contributed by atoms with Gasteiger partial charge in [0, 0.05) is 57.4 Å². The second kappa shape index (κ2) is 7.17. The molecule has 0 N–H and O–H groups in total. The van der Waals surface area contributed by atoms with E-state index in [1.165, 1.54) is 7.11 Å². The molecule has 1 aromatic heterocycles. The number of terminal acetylenes is 1. The van der Waals surface area contributed by atoms with Gasteiger partial charge in [-0.15, -0.1) is 6.42 Å². The number of piperidine rings is 2. The second-order valence-electron chi connectivity index (χ2n) is 8.08. The first-order chi connectivity index (χ1) is 14.0. The highest BCUT2D eigenvalue weighted by molar-refractivity contribution is 5.89. The lowest BCUT2D eigenvalue weighted by atomic mass is 9.58. The van der Waals surface area contributed by atoms with Crippen LogP contribution in [0.5, 0.6) is 0 Å². The predicted molar refractivity (Wildman–Crippen MR) is 110 cm³/mol. The minimum atomic E-state index is -0.844. The molecule has 3 heterocycles. The van der Waals surface area contributed by atoms with Crippen LogP contribution in [0.3, 0.4) is 0 Å². The molecule has 3 fully saturated rings. The molecule has 1 aliphatic carbocycles. The molecule has 6 heteroatoms. The van der Waals surface area contributed by atoms with E-state index >= 15 is 0 Å². The standard InChI is InChI=1S/C23H28N2O4/c1-6-11-25-15-17-13-22(21(26)27-3,20(25)14-23(17,28-4)29-5)19-12-16-9-7-8-10-18(16)24(19)2/h1,7-10,12,17,20H,11,13-15H2,2-5H3/t17-,20+,22-/m0/s1. The third-order valence-electron chi connectivity index (χ3n) is 7.08. The number of ether oxygens (including phenoxy) is 3. The Hall–Kier alpha value is -2.33. The van der Waals surface area contributed by atoms with Crippen LogP contribution < -0.4 is 0 Å². The summed E-state index contributed by atoms with van der Waals surface area (Å²) in [5.41, 5.74) is 1.19. The number of aryl methyl sites for hydroxylation is 1. The van der Waals surface area contributed by atoms with E-state index in [4.69, 9.17) is 20.6 Å². The average molecular weight is 396 g/mol. The summed E-state index contributed by atoms with van der Waals surface area (Å²) >= 11 is 0. The van der Waals surface area contributed by atoms with Gasteiger partial charge < -0.3 is 18.8 Å². The Bertz CT molecular complexity index is 971. The fraction of sp³-hybridized carbons (Fsp3) is 0.522. The number of esters is 1. The maximum atomic E-state index is 13.5. The number of carbonyl (C=O) groups is 1. The van der Waals surface area contributed by atoms with Gasteiger partial charge >= 0.3 is 5.97 Å². The first-order valence-corrected chi connectivity index (χ1v) is 9.88. The van der Waals surface area contributed by atoms with Crippen molar-refractivity contribution in [2.75, 3.05) is 34.4 Å². The fourth-order valence-corrected chi connectivity index (χ4v) is 5.72. The van der Waals surface area contributed by atoms with E-state index in [0.717, 1.165) is 23.1 Å². The lowest BCUT2D eigenvalue weighted by Gasteiger charge is -2.60. The summed E-state index contributed by atoms with van der Waals surface area (Å²) in [6, 6.07) is 10.1. The minimum Gasteiger partial charge on any atom is -0.468 e. The van der Waals surface area contributed by atoms with Crippen LogP contribution in [0, 0.1) is 18.3 Å². The van der Waals surface area contributed by atoms with Crippen LogP contribution in [0.2, 0.25) is 0 Å². The molecule has 3 aliphatic rings. The Labute approximate surface area is 171 Å². The molecule has 5 rings (SSSR count). The van der Waals surface area contributed by atoms with Crippen molar-refractivity contribution in [2.45, 2.75) is 30.1 Å². The van der Waals surface area contributed by atoms with Crippen molar-refractivity contribution in [3.05, 3.63) is 36.0 Å². The van der Waals surface area contributed by atoms with Gasteiger partial charge in [-0.05, 0) is 23.9 Å². The van der Waals surface area contributed by atoms with Gasteiger partial charge in [-0.3, -0.25) is 9.69 Å². The Morgan fingerprint density at radius 2 is 1.97 bits per heavy atom. The molecule has 2 aliphatic heterocycles. The summed E-state index contributed by atoms with van der Waals surface area (Å²) in [6.07, 6.45) is 6.80. The molecule has 0 unspecified atom stereocenters. The van der Waals surface area contributed by atoms with Crippen molar-refractivity contribution in [1.82, 2.24) is 9.47 Å². The topological polar surface area (TPSA) is 52.9 Å². The zero-order chi connectivity index (χ0) is 20.8. The number of nitrogens with zero attached hydrogens (tertiary/aromatic N) is 2. The lowest BCUT2D eigenvalue weighted by Crippen LogP contribution is -2.72. The highest BCUT2D eigenvalue weighted by Crippen LogP contribution is 2.55. The summed E-state index contributed by atoms with van der Waals surface area (Å²) in [5.74, 6) is 1.78. The number of fused-ring (bicyclic) bond motifs is 4. The Kier molecular flexibility index (Phi) is 4.94. The first kappa shape index (κ1) is 20.0. The van der Waals surface area contributed by atoms with Gasteiger partial charge in [0.05, 0.1) is 13.7 Å². The summed E-state index contributed by atoms with van der Waals surface area (Å²) in [7, 11) is 6.81. The normalized spacial score (nSPS) is 28.4. The first-order valence-electron chi connectivity index (χ1n) is 9.88. The molecule has 1 aromatic carbocycles. The molecule has 2 saturated heterocycles. The zero-order valence-electron chi connectivity index (χ0n) is 17.5. The maximum Gasteiger partial charge on any atom is 0.319 e. The van der Waals surface area contributed by atoms with Gasteiger partial charge in [0.1, 0.15) is 5.41 Å². The smallest absolute Gasteiger partial charge is 0.319 e. The van der Waals surface area contributed by atoms with Gasteiger partial charge in [0.15, 0.2) is 5.79 Å². The predicted octanol–water partition coefficient (Wildman–Crippen LogP) is 2.31. The summed E-state index contributed by atoms with van der Waals surface area (Å²) in [6.45, 7) is 1.19. The quantitative estimate of drug-likeness (QED) is 0.441. The van der Waals surface area contributed by atoms with Gasteiger partial charge in [-0.1, -0.05) is 24.1 Å². The van der Waals surface area contributed by atoms with E-state index in [0.29, 0.717) is 19.4 Å². The summed E-state index contributed by atoms with van der Waals surface area (Å²) in [5, 5.41) is 1.10. The van der Waals surface area contributed by atoms with E-state index in [1.54, 1.807) is 14.2 Å². The van der Waals surface area contributed by atoms with Gasteiger partial charge in [-0.25, -0.2) is 0 Å². The van der Waals surface area contributed by atoms with E-state index < -0.39 is 11.2 Å². The number of carbonyl (C=O) groups excluding carboxylic acids is 1. The van der Waals surface area contributed by atoms with Crippen LogP contribution in [-0.2, 0) is 31.5 Å². The molecule has 0 amide bonds. The SMILES string of the molecule is C#CCN1C[C@@H]2C[C@](C(=O)OC)(c3cc4ccccc4n3C)[C@H]1CC2(OC)OC. The van der Waals surface area contributed by atoms with E-state index in [2.05, 4.69) is 33.6 Å². The monoisotopic (exact) mass is 396 g/mol. The minimum absolute atomic E-state index is 0.0204. The molecule has 1 saturated carbocycles.